The van der Waals surface area contributed by atoms with Crippen molar-refractivity contribution in [3.05, 3.63) is 70.8 Å². The zero-order valence-electron chi connectivity index (χ0n) is 18.6. The van der Waals surface area contributed by atoms with Gasteiger partial charge in [0.15, 0.2) is 29.2 Å². The number of benzene rings is 2. The van der Waals surface area contributed by atoms with E-state index >= 15 is 0 Å². The number of thioether (sulfide) groups is 1. The summed E-state index contributed by atoms with van der Waals surface area (Å²) in [6.45, 7) is 4.67. The summed E-state index contributed by atoms with van der Waals surface area (Å²) in [7, 11) is 1.62. The second kappa shape index (κ2) is 9.57. The van der Waals surface area contributed by atoms with Gasteiger partial charge in [-0.3, -0.25) is 4.79 Å². The zero-order valence-corrected chi connectivity index (χ0v) is 19.4. The van der Waals surface area contributed by atoms with Gasteiger partial charge in [0.25, 0.3) is 0 Å². The molecule has 0 amide bonds. The third-order valence-corrected chi connectivity index (χ3v) is 6.40. The number of hydrogen-bond donors (Lipinski definition) is 0. The van der Waals surface area contributed by atoms with Crippen molar-refractivity contribution in [2.24, 2.45) is 0 Å². The molecule has 4 rings (SSSR count). The highest BCUT2D eigenvalue weighted by molar-refractivity contribution is 7.99. The molecule has 0 saturated heterocycles. The van der Waals surface area contributed by atoms with Crippen LogP contribution in [0.15, 0.2) is 47.6 Å². The number of aromatic nitrogens is 2. The van der Waals surface area contributed by atoms with Gasteiger partial charge in [-0.05, 0) is 24.1 Å². The summed E-state index contributed by atoms with van der Waals surface area (Å²) >= 11 is 1.42. The standard InChI is InChI=1S/C25H24F2N2O3S/c1-25(2)13-16-6-4-5-7-17(16)22-21(25)23(29-24(28-22)33-11-10-31-3)32-20(14-30)15-8-9-18(26)19(27)12-15/h4-9,12,14,20H,10-11,13H2,1-3H3. The van der Waals surface area contributed by atoms with E-state index in [1.165, 1.54) is 23.4 Å². The van der Waals surface area contributed by atoms with Gasteiger partial charge in [0.1, 0.15) is 0 Å². The minimum atomic E-state index is -1.15. The first kappa shape index (κ1) is 23.3. The molecule has 1 aliphatic rings. The van der Waals surface area contributed by atoms with Crippen LogP contribution in [0.25, 0.3) is 11.3 Å². The largest absolute Gasteiger partial charge is 0.461 e. The fourth-order valence-electron chi connectivity index (χ4n) is 4.05. The molecule has 1 unspecified atom stereocenters. The van der Waals surface area contributed by atoms with Crippen LogP contribution in [-0.4, -0.2) is 35.7 Å². The minimum absolute atomic E-state index is 0.207. The third kappa shape index (κ3) is 4.77. The Hall–Kier alpha value is -2.84. The molecule has 172 valence electrons. The summed E-state index contributed by atoms with van der Waals surface area (Å²) in [6.07, 6.45) is 0.148. The van der Waals surface area contributed by atoms with Crippen molar-refractivity contribution in [3.8, 4) is 17.1 Å². The van der Waals surface area contributed by atoms with Gasteiger partial charge in [0.2, 0.25) is 5.88 Å². The molecular formula is C25H24F2N2O3S. The third-order valence-electron chi connectivity index (χ3n) is 5.59. The Kier molecular flexibility index (Phi) is 6.76. The highest BCUT2D eigenvalue weighted by Gasteiger charge is 2.37. The Labute approximate surface area is 195 Å². The summed E-state index contributed by atoms with van der Waals surface area (Å²) in [4.78, 5) is 21.4. The molecule has 0 aliphatic heterocycles. The predicted octanol–water partition coefficient (Wildman–Crippen LogP) is 5.31. The summed E-state index contributed by atoms with van der Waals surface area (Å²) in [5.41, 5.74) is 3.52. The number of aldehydes is 1. The molecule has 0 bridgehead atoms. The topological polar surface area (TPSA) is 61.3 Å². The number of halogens is 2. The highest BCUT2D eigenvalue weighted by Crippen LogP contribution is 2.47. The van der Waals surface area contributed by atoms with Gasteiger partial charge in [0, 0.05) is 35.0 Å². The predicted molar refractivity (Wildman–Crippen MR) is 123 cm³/mol. The van der Waals surface area contributed by atoms with Crippen LogP contribution in [0.5, 0.6) is 5.88 Å². The number of rotatable bonds is 8. The van der Waals surface area contributed by atoms with Crippen LogP contribution < -0.4 is 4.74 Å². The fraction of sp³-hybridized carbons (Fsp3) is 0.320. The molecule has 3 aromatic rings. The van der Waals surface area contributed by atoms with Crippen LogP contribution in [0.2, 0.25) is 0 Å². The quantitative estimate of drug-likeness (QED) is 0.192. The van der Waals surface area contributed by atoms with E-state index in [0.29, 0.717) is 23.8 Å². The second-order valence-electron chi connectivity index (χ2n) is 8.44. The lowest BCUT2D eigenvalue weighted by atomic mass is 9.72. The van der Waals surface area contributed by atoms with E-state index < -0.39 is 17.7 Å². The van der Waals surface area contributed by atoms with E-state index in [2.05, 4.69) is 24.9 Å². The van der Waals surface area contributed by atoms with Gasteiger partial charge in [-0.2, -0.15) is 4.98 Å². The lowest BCUT2D eigenvalue weighted by molar-refractivity contribution is -0.114. The molecule has 0 spiro atoms. The smallest absolute Gasteiger partial charge is 0.222 e. The molecule has 8 heteroatoms. The lowest BCUT2D eigenvalue weighted by Gasteiger charge is -2.34. The van der Waals surface area contributed by atoms with Crippen molar-refractivity contribution in [3.63, 3.8) is 0 Å². The summed E-state index contributed by atoms with van der Waals surface area (Å²) in [6, 6.07) is 11.3. The van der Waals surface area contributed by atoms with E-state index in [9.17, 15) is 13.6 Å². The average Bonchev–Trinajstić information content (AvgIpc) is 2.79. The molecule has 1 atom stereocenters. The van der Waals surface area contributed by atoms with Crippen molar-refractivity contribution in [2.45, 2.75) is 36.9 Å². The van der Waals surface area contributed by atoms with Crippen molar-refractivity contribution in [2.75, 3.05) is 19.5 Å². The molecular weight excluding hydrogens is 446 g/mol. The maximum absolute atomic E-state index is 13.8. The Balaban J connectivity index is 1.83. The van der Waals surface area contributed by atoms with Gasteiger partial charge in [-0.25, -0.2) is 13.8 Å². The number of carbonyl (C=O) groups excluding carboxylic acids is 1. The minimum Gasteiger partial charge on any atom is -0.461 e. The van der Waals surface area contributed by atoms with Gasteiger partial charge < -0.3 is 9.47 Å². The molecule has 0 fully saturated rings. The van der Waals surface area contributed by atoms with Crippen molar-refractivity contribution in [1.29, 1.82) is 0 Å². The SMILES string of the molecule is COCCSc1nc(OC(C=O)c2ccc(F)c(F)c2)c2c(n1)-c1ccccc1CC2(C)C. The van der Waals surface area contributed by atoms with Crippen molar-refractivity contribution >= 4 is 18.0 Å². The van der Waals surface area contributed by atoms with Crippen LogP contribution in [0, 0.1) is 11.6 Å². The van der Waals surface area contributed by atoms with E-state index in [1.54, 1.807) is 7.11 Å². The Morgan fingerprint density at radius 1 is 1.15 bits per heavy atom. The number of ether oxygens (including phenoxy) is 2. The van der Waals surface area contributed by atoms with E-state index in [-0.39, 0.29) is 16.9 Å². The Bertz CT molecular complexity index is 1190. The molecule has 0 N–H and O–H groups in total. The Morgan fingerprint density at radius 2 is 1.94 bits per heavy atom. The van der Waals surface area contributed by atoms with E-state index in [4.69, 9.17) is 14.5 Å². The average molecular weight is 471 g/mol. The first-order valence-corrected chi connectivity index (χ1v) is 11.5. The lowest BCUT2D eigenvalue weighted by Crippen LogP contribution is -2.28. The molecule has 1 heterocycles. The number of nitrogens with zero attached hydrogens (tertiary/aromatic N) is 2. The molecule has 0 radical (unpaired) electrons. The Morgan fingerprint density at radius 3 is 2.67 bits per heavy atom. The molecule has 2 aromatic carbocycles. The highest BCUT2D eigenvalue weighted by atomic mass is 32.2. The van der Waals surface area contributed by atoms with Crippen LogP contribution in [0.4, 0.5) is 8.78 Å². The summed E-state index contributed by atoms with van der Waals surface area (Å²) in [5, 5.41) is 0.489. The number of methoxy groups -OCH3 is 1. The van der Waals surface area contributed by atoms with Crippen LogP contribution >= 0.6 is 11.8 Å². The molecule has 1 aromatic heterocycles. The van der Waals surface area contributed by atoms with Gasteiger partial charge >= 0.3 is 0 Å². The fourth-order valence-corrected chi connectivity index (χ4v) is 4.78. The molecule has 5 nitrogen and oxygen atoms in total. The normalized spacial score (nSPS) is 14.8. The van der Waals surface area contributed by atoms with Crippen molar-refractivity contribution in [1.82, 2.24) is 9.97 Å². The van der Waals surface area contributed by atoms with Crippen LogP contribution in [-0.2, 0) is 21.4 Å². The maximum Gasteiger partial charge on any atom is 0.222 e. The van der Waals surface area contributed by atoms with Gasteiger partial charge in [0.05, 0.1) is 12.3 Å². The second-order valence-corrected chi connectivity index (χ2v) is 9.50. The molecule has 1 aliphatic carbocycles. The summed E-state index contributed by atoms with van der Waals surface area (Å²) < 4.78 is 38.5. The van der Waals surface area contributed by atoms with Gasteiger partial charge in [-0.1, -0.05) is 55.9 Å². The molecule has 0 saturated carbocycles. The monoisotopic (exact) mass is 470 g/mol. The van der Waals surface area contributed by atoms with Gasteiger partial charge in [-0.15, -0.1) is 0 Å². The molecule has 33 heavy (non-hydrogen) atoms. The van der Waals surface area contributed by atoms with E-state index in [1.807, 2.05) is 18.2 Å². The van der Waals surface area contributed by atoms with E-state index in [0.717, 1.165) is 35.4 Å². The number of hydrogen-bond acceptors (Lipinski definition) is 6. The van der Waals surface area contributed by atoms with Crippen LogP contribution in [0.3, 0.4) is 0 Å². The first-order valence-electron chi connectivity index (χ1n) is 10.5. The van der Waals surface area contributed by atoms with Crippen molar-refractivity contribution < 1.29 is 23.0 Å². The number of fused-ring (bicyclic) bond motifs is 3. The van der Waals surface area contributed by atoms with Crippen LogP contribution in [0.1, 0.15) is 36.6 Å². The summed E-state index contributed by atoms with van der Waals surface area (Å²) in [5.74, 6) is -1.13. The maximum atomic E-state index is 13.8. The zero-order chi connectivity index (χ0) is 23.6. The number of carbonyl (C=O) groups is 1. The first-order chi connectivity index (χ1) is 15.8.